The fourth-order valence-corrected chi connectivity index (χ4v) is 8.17. The van der Waals surface area contributed by atoms with E-state index in [-0.39, 0.29) is 21.7 Å². The summed E-state index contributed by atoms with van der Waals surface area (Å²) in [5, 5.41) is 2.34. The van der Waals surface area contributed by atoms with Gasteiger partial charge in [-0.1, -0.05) is 137 Å². The zero-order chi connectivity index (χ0) is 41.2. The molecule has 296 valence electrons. The highest BCUT2D eigenvalue weighted by molar-refractivity contribution is 6.09. The molecule has 0 fully saturated rings. The maximum atomic E-state index is 6.75. The lowest BCUT2D eigenvalue weighted by Gasteiger charge is -2.31. The van der Waals surface area contributed by atoms with Gasteiger partial charge in [0.15, 0.2) is 0 Å². The van der Waals surface area contributed by atoms with Gasteiger partial charge in [-0.05, 0) is 87.7 Å². The van der Waals surface area contributed by atoms with Crippen LogP contribution in [0.2, 0.25) is 0 Å². The van der Waals surface area contributed by atoms with E-state index < -0.39 is 0 Å². The van der Waals surface area contributed by atoms with E-state index in [2.05, 4.69) is 224 Å². The molecule has 1 aliphatic heterocycles. The Bertz CT molecular complexity index is 2630. The molecular weight excluding hydrogens is 709 g/mol. The zero-order valence-electron chi connectivity index (χ0n) is 36.2. The van der Waals surface area contributed by atoms with Gasteiger partial charge in [0.05, 0.1) is 17.7 Å². The maximum Gasteiger partial charge on any atom is 0.137 e. The summed E-state index contributed by atoms with van der Waals surface area (Å²) in [4.78, 5) is 9.80. The minimum absolute atomic E-state index is 0.0366. The van der Waals surface area contributed by atoms with Crippen LogP contribution in [0.3, 0.4) is 0 Å². The number of fused-ring (bicyclic) bond motifs is 3. The number of anilines is 2. The molecule has 58 heavy (non-hydrogen) atoms. The second-order valence-electron chi connectivity index (χ2n) is 19.6. The summed E-state index contributed by atoms with van der Waals surface area (Å²) in [6.45, 7) is 26.0. The third-order valence-corrected chi connectivity index (χ3v) is 11.8. The Balaban J connectivity index is 1.14. The van der Waals surface area contributed by atoms with Crippen LogP contribution in [0.15, 0.2) is 145 Å². The fourth-order valence-electron chi connectivity index (χ4n) is 8.17. The van der Waals surface area contributed by atoms with E-state index >= 15 is 0 Å². The molecule has 8 rings (SSSR count). The molecule has 7 aromatic rings. The lowest BCUT2D eigenvalue weighted by atomic mass is 9.78. The van der Waals surface area contributed by atoms with E-state index in [1.54, 1.807) is 0 Å². The second-order valence-corrected chi connectivity index (χ2v) is 19.6. The molecule has 2 aromatic heterocycles. The standard InChI is InChI=1S/C53H58N4O/c1-50(2,3)38-28-39(51(4,5)6)30-41(29-38)55-34-48(52(7,8)9)56(35-55)40-20-17-21-42(32-40)58-43-24-25-45-44-22-15-16-23-46(44)57(47(45)33-43)49-31-37(26-27-54-49)53(10,11)36-18-13-12-14-19-36/h12-34H,35H2,1-11H3. The average Bonchev–Trinajstić information content (AvgIpc) is 3.79. The predicted molar refractivity (Wildman–Crippen MR) is 245 cm³/mol. The van der Waals surface area contributed by atoms with E-state index in [9.17, 15) is 0 Å². The molecule has 5 nitrogen and oxygen atoms in total. The van der Waals surface area contributed by atoms with Crippen LogP contribution in [-0.4, -0.2) is 16.2 Å². The van der Waals surface area contributed by atoms with Crippen molar-refractivity contribution in [1.82, 2.24) is 9.55 Å². The van der Waals surface area contributed by atoms with E-state index in [1.807, 2.05) is 6.20 Å². The molecule has 0 atom stereocenters. The zero-order valence-corrected chi connectivity index (χ0v) is 36.2. The Hall–Kier alpha value is -5.81. The van der Waals surface area contributed by atoms with Gasteiger partial charge in [0.1, 0.15) is 17.3 Å². The van der Waals surface area contributed by atoms with Crippen molar-refractivity contribution in [3.05, 3.63) is 168 Å². The minimum Gasteiger partial charge on any atom is -0.457 e. The van der Waals surface area contributed by atoms with Gasteiger partial charge in [-0.25, -0.2) is 4.98 Å². The third-order valence-electron chi connectivity index (χ3n) is 11.8. The van der Waals surface area contributed by atoms with Crippen LogP contribution >= 0.6 is 0 Å². The van der Waals surface area contributed by atoms with Crippen LogP contribution in [0, 0.1) is 5.41 Å². The summed E-state index contributed by atoms with van der Waals surface area (Å²) >= 11 is 0. The lowest BCUT2D eigenvalue weighted by molar-refractivity contribution is 0.481. The summed E-state index contributed by atoms with van der Waals surface area (Å²) in [5.74, 6) is 2.45. The number of ether oxygens (including phenoxy) is 1. The molecule has 0 radical (unpaired) electrons. The first-order valence-electron chi connectivity index (χ1n) is 20.6. The molecule has 0 unspecified atom stereocenters. The van der Waals surface area contributed by atoms with Crippen molar-refractivity contribution < 1.29 is 4.74 Å². The van der Waals surface area contributed by atoms with Crippen LogP contribution in [-0.2, 0) is 16.2 Å². The molecule has 0 spiro atoms. The monoisotopic (exact) mass is 766 g/mol. The van der Waals surface area contributed by atoms with Crippen molar-refractivity contribution in [3.8, 4) is 17.3 Å². The number of nitrogens with zero attached hydrogens (tertiary/aromatic N) is 4. The van der Waals surface area contributed by atoms with E-state index in [1.165, 1.54) is 39.0 Å². The number of hydrogen-bond acceptors (Lipinski definition) is 4. The number of aromatic nitrogens is 2. The maximum absolute atomic E-state index is 6.75. The molecule has 0 saturated carbocycles. The van der Waals surface area contributed by atoms with Gasteiger partial charge in [0, 0.05) is 63.2 Å². The Labute approximate surface area is 345 Å². The largest absolute Gasteiger partial charge is 0.457 e. The smallest absolute Gasteiger partial charge is 0.137 e. The van der Waals surface area contributed by atoms with Crippen molar-refractivity contribution in [2.24, 2.45) is 5.41 Å². The number of pyridine rings is 1. The Kier molecular flexibility index (Phi) is 9.58. The number of rotatable bonds is 7. The second kappa shape index (κ2) is 14.2. The highest BCUT2D eigenvalue weighted by Crippen LogP contribution is 2.42. The molecular formula is C53H58N4O. The van der Waals surface area contributed by atoms with Crippen LogP contribution in [0.4, 0.5) is 11.4 Å². The summed E-state index contributed by atoms with van der Waals surface area (Å²) in [5.41, 5.74) is 10.7. The van der Waals surface area contributed by atoms with Crippen LogP contribution < -0.4 is 14.5 Å². The first-order valence-corrected chi connectivity index (χ1v) is 20.6. The Morgan fingerprint density at radius 2 is 1.16 bits per heavy atom. The van der Waals surface area contributed by atoms with Crippen molar-refractivity contribution in [1.29, 1.82) is 0 Å². The topological polar surface area (TPSA) is 33.5 Å². The Morgan fingerprint density at radius 1 is 0.500 bits per heavy atom. The lowest BCUT2D eigenvalue weighted by Crippen LogP contribution is -2.30. The van der Waals surface area contributed by atoms with E-state index in [0.717, 1.165) is 39.4 Å². The van der Waals surface area contributed by atoms with Gasteiger partial charge >= 0.3 is 0 Å². The van der Waals surface area contributed by atoms with Gasteiger partial charge in [-0.2, -0.15) is 0 Å². The van der Waals surface area contributed by atoms with Gasteiger partial charge in [0.2, 0.25) is 0 Å². The normalized spacial score (nSPS) is 14.1. The van der Waals surface area contributed by atoms with Gasteiger partial charge in [0.25, 0.3) is 0 Å². The summed E-state index contributed by atoms with van der Waals surface area (Å²) < 4.78 is 9.03. The molecule has 0 N–H and O–H groups in total. The number of para-hydroxylation sites is 1. The summed E-state index contributed by atoms with van der Waals surface area (Å²) in [7, 11) is 0. The SMILES string of the molecule is CC(C)(C)C1=CN(c2cc(C(C)(C)C)cc(C(C)(C)C)c2)CN1c1cccc(Oc2ccc3c4ccccc4n(-c4cc(C(C)(C)c5ccccc5)ccn4)c3c2)c1. The Morgan fingerprint density at radius 3 is 1.84 bits per heavy atom. The third kappa shape index (κ3) is 7.39. The molecule has 0 amide bonds. The van der Waals surface area contributed by atoms with Crippen molar-refractivity contribution in [2.75, 3.05) is 16.5 Å². The molecule has 0 bridgehead atoms. The van der Waals surface area contributed by atoms with Crippen LogP contribution in [0.1, 0.15) is 98.4 Å². The molecule has 0 aliphatic carbocycles. The highest BCUT2D eigenvalue weighted by Gasteiger charge is 2.33. The molecule has 5 aromatic carbocycles. The molecule has 5 heteroatoms. The molecule has 3 heterocycles. The van der Waals surface area contributed by atoms with Crippen molar-refractivity contribution in [2.45, 2.75) is 92.4 Å². The average molecular weight is 767 g/mol. The van der Waals surface area contributed by atoms with Gasteiger partial charge in [-0.3, -0.25) is 4.57 Å². The quantitative estimate of drug-likeness (QED) is 0.162. The fraction of sp³-hybridized carbons (Fsp3) is 0.302. The highest BCUT2D eigenvalue weighted by atomic mass is 16.5. The first kappa shape index (κ1) is 39.0. The number of allylic oxidation sites excluding steroid dienone is 1. The van der Waals surface area contributed by atoms with Crippen LogP contribution in [0.5, 0.6) is 11.5 Å². The van der Waals surface area contributed by atoms with Crippen molar-refractivity contribution in [3.63, 3.8) is 0 Å². The van der Waals surface area contributed by atoms with Gasteiger partial charge in [-0.15, -0.1) is 0 Å². The number of hydrogen-bond donors (Lipinski definition) is 0. The number of benzene rings is 5. The van der Waals surface area contributed by atoms with Gasteiger partial charge < -0.3 is 14.5 Å². The molecule has 1 aliphatic rings. The summed E-state index contributed by atoms with van der Waals surface area (Å²) in [6, 6.07) is 45.7. The van der Waals surface area contributed by atoms with E-state index in [4.69, 9.17) is 9.72 Å². The minimum atomic E-state index is -0.197. The predicted octanol–water partition coefficient (Wildman–Crippen LogP) is 14.1. The van der Waals surface area contributed by atoms with Crippen molar-refractivity contribution >= 4 is 33.2 Å². The first-order chi connectivity index (χ1) is 27.4. The molecule has 0 saturated heterocycles. The van der Waals surface area contributed by atoms with E-state index in [0.29, 0.717) is 6.67 Å². The summed E-state index contributed by atoms with van der Waals surface area (Å²) in [6.07, 6.45) is 4.28. The van der Waals surface area contributed by atoms with Crippen LogP contribution in [0.25, 0.3) is 27.6 Å².